The first-order chi connectivity index (χ1) is 12.1. The molecule has 1 aromatic heterocycles. The number of fused-ring (bicyclic) bond motifs is 1. The number of ether oxygens (including phenoxy) is 2. The summed E-state index contributed by atoms with van der Waals surface area (Å²) in [4.78, 5) is 27.1. The molecule has 2 aliphatic rings. The van der Waals surface area contributed by atoms with E-state index in [2.05, 4.69) is 5.10 Å². The van der Waals surface area contributed by atoms with Gasteiger partial charge >= 0.3 is 0 Å². The molecule has 1 saturated heterocycles. The second kappa shape index (κ2) is 6.23. The van der Waals surface area contributed by atoms with Gasteiger partial charge in [0.15, 0.2) is 17.3 Å². The predicted octanol–water partition coefficient (Wildman–Crippen LogP) is 2.03. The van der Waals surface area contributed by atoms with E-state index in [1.807, 2.05) is 0 Å². The van der Waals surface area contributed by atoms with Gasteiger partial charge in [-0.2, -0.15) is 5.10 Å². The quantitative estimate of drug-likeness (QED) is 0.796. The number of aryl methyl sites for hydroxylation is 1. The summed E-state index contributed by atoms with van der Waals surface area (Å²) in [5, 5.41) is 4.04. The van der Waals surface area contributed by atoms with E-state index in [1.54, 1.807) is 47.2 Å². The monoisotopic (exact) mass is 341 g/mol. The van der Waals surface area contributed by atoms with Gasteiger partial charge in [0, 0.05) is 37.8 Å². The lowest BCUT2D eigenvalue weighted by Gasteiger charge is -2.24. The number of Topliss-reactive ketones (excluding diaryl/α,β-unsaturated/α-hetero) is 1. The highest BCUT2D eigenvalue weighted by Gasteiger charge is 2.32. The van der Waals surface area contributed by atoms with Crippen molar-refractivity contribution in [3.63, 3.8) is 0 Å². The summed E-state index contributed by atoms with van der Waals surface area (Å²) in [5.74, 6) is 1.19. The number of benzene rings is 1. The summed E-state index contributed by atoms with van der Waals surface area (Å²) in [7, 11) is 1.78. The fraction of sp³-hybridized carbons (Fsp3) is 0.389. The van der Waals surface area contributed by atoms with E-state index in [1.165, 1.54) is 0 Å². The first-order valence-electron chi connectivity index (χ1n) is 8.34. The SMILES string of the molecule is Cn1cc(C(=O)C[C@@H]2CCCN2C(=O)c2ccc3c(c2)OCO3)cn1. The van der Waals surface area contributed by atoms with Gasteiger partial charge in [0.1, 0.15) is 0 Å². The van der Waals surface area contributed by atoms with Crippen LogP contribution >= 0.6 is 0 Å². The molecule has 3 heterocycles. The number of hydrogen-bond acceptors (Lipinski definition) is 5. The Morgan fingerprint density at radius 1 is 1.24 bits per heavy atom. The van der Waals surface area contributed by atoms with Crippen LogP contribution in [0.25, 0.3) is 0 Å². The van der Waals surface area contributed by atoms with Crippen LogP contribution < -0.4 is 9.47 Å². The van der Waals surface area contributed by atoms with Crippen molar-refractivity contribution in [1.82, 2.24) is 14.7 Å². The largest absolute Gasteiger partial charge is 0.454 e. The van der Waals surface area contributed by atoms with Gasteiger partial charge in [0.05, 0.1) is 11.8 Å². The van der Waals surface area contributed by atoms with Crippen molar-refractivity contribution < 1.29 is 19.1 Å². The van der Waals surface area contributed by atoms with Crippen molar-refractivity contribution in [3.05, 3.63) is 41.7 Å². The third-order valence-electron chi connectivity index (χ3n) is 4.71. The van der Waals surface area contributed by atoms with Crippen LogP contribution in [-0.2, 0) is 7.05 Å². The van der Waals surface area contributed by atoms with Crippen LogP contribution in [0.2, 0.25) is 0 Å². The molecule has 7 heteroatoms. The number of aromatic nitrogens is 2. The number of carbonyl (C=O) groups excluding carboxylic acids is 2. The van der Waals surface area contributed by atoms with Crippen LogP contribution in [0.5, 0.6) is 11.5 Å². The number of amides is 1. The van der Waals surface area contributed by atoms with Crippen molar-refractivity contribution in [2.75, 3.05) is 13.3 Å². The Morgan fingerprint density at radius 3 is 2.88 bits per heavy atom. The summed E-state index contributed by atoms with van der Waals surface area (Å²) < 4.78 is 12.2. The minimum Gasteiger partial charge on any atom is -0.454 e. The highest BCUT2D eigenvalue weighted by Crippen LogP contribution is 2.33. The standard InChI is InChI=1S/C18H19N3O4/c1-20-10-13(9-19-20)15(22)8-14-3-2-6-21(14)18(23)12-4-5-16-17(7-12)25-11-24-16/h4-5,7,9-10,14H,2-3,6,8,11H2,1H3/t14-/m0/s1. The van der Waals surface area contributed by atoms with E-state index in [0.29, 0.717) is 35.6 Å². The minimum absolute atomic E-state index is 0.0171. The normalized spacial score (nSPS) is 18.6. The Kier molecular flexibility index (Phi) is 3.91. The average molecular weight is 341 g/mol. The molecule has 1 amide bonds. The van der Waals surface area contributed by atoms with Crippen LogP contribution in [0, 0.1) is 0 Å². The Balaban J connectivity index is 1.49. The van der Waals surface area contributed by atoms with Crippen molar-refractivity contribution in [2.45, 2.75) is 25.3 Å². The smallest absolute Gasteiger partial charge is 0.254 e. The number of rotatable bonds is 4. The van der Waals surface area contributed by atoms with Crippen molar-refractivity contribution in [2.24, 2.45) is 7.05 Å². The van der Waals surface area contributed by atoms with Crippen LogP contribution in [0.4, 0.5) is 0 Å². The molecule has 2 aliphatic heterocycles. The lowest BCUT2D eigenvalue weighted by atomic mass is 10.0. The first-order valence-corrected chi connectivity index (χ1v) is 8.34. The number of nitrogens with zero attached hydrogens (tertiary/aromatic N) is 3. The zero-order chi connectivity index (χ0) is 17.4. The maximum absolute atomic E-state index is 12.9. The summed E-state index contributed by atoms with van der Waals surface area (Å²) in [6, 6.07) is 5.13. The topological polar surface area (TPSA) is 73.7 Å². The number of ketones is 1. The van der Waals surface area contributed by atoms with E-state index in [4.69, 9.17) is 9.47 Å². The Bertz CT molecular complexity index is 829. The minimum atomic E-state index is -0.0781. The number of hydrogen-bond donors (Lipinski definition) is 0. The number of likely N-dealkylation sites (tertiary alicyclic amines) is 1. The van der Waals surface area contributed by atoms with E-state index < -0.39 is 0 Å². The number of carbonyl (C=O) groups is 2. The molecule has 7 nitrogen and oxygen atoms in total. The molecule has 130 valence electrons. The second-order valence-corrected chi connectivity index (χ2v) is 6.39. The molecule has 0 saturated carbocycles. The molecule has 1 fully saturated rings. The van der Waals surface area contributed by atoms with E-state index in [-0.39, 0.29) is 24.5 Å². The van der Waals surface area contributed by atoms with Crippen molar-refractivity contribution in [3.8, 4) is 11.5 Å². The molecule has 0 radical (unpaired) electrons. The predicted molar refractivity (Wildman–Crippen MR) is 88.8 cm³/mol. The van der Waals surface area contributed by atoms with Crippen molar-refractivity contribution >= 4 is 11.7 Å². The summed E-state index contributed by atoms with van der Waals surface area (Å²) in [6.45, 7) is 0.844. The fourth-order valence-electron chi connectivity index (χ4n) is 3.41. The van der Waals surface area contributed by atoms with Gasteiger partial charge in [0.25, 0.3) is 5.91 Å². The Morgan fingerprint density at radius 2 is 2.08 bits per heavy atom. The molecule has 25 heavy (non-hydrogen) atoms. The lowest BCUT2D eigenvalue weighted by molar-refractivity contribution is 0.0716. The maximum atomic E-state index is 12.9. The second-order valence-electron chi connectivity index (χ2n) is 6.39. The molecule has 0 N–H and O–H groups in total. The van der Waals surface area contributed by atoms with Crippen LogP contribution in [0.15, 0.2) is 30.6 Å². The van der Waals surface area contributed by atoms with E-state index in [0.717, 1.165) is 12.8 Å². The molecule has 1 aromatic carbocycles. The maximum Gasteiger partial charge on any atom is 0.254 e. The molecule has 1 atom stereocenters. The zero-order valence-electron chi connectivity index (χ0n) is 14.0. The van der Waals surface area contributed by atoms with Gasteiger partial charge in [-0.15, -0.1) is 0 Å². The highest BCUT2D eigenvalue weighted by molar-refractivity contribution is 5.98. The van der Waals surface area contributed by atoms with Gasteiger partial charge in [-0.3, -0.25) is 14.3 Å². The van der Waals surface area contributed by atoms with Crippen molar-refractivity contribution in [1.29, 1.82) is 0 Å². The average Bonchev–Trinajstić information content (AvgIpc) is 3.33. The van der Waals surface area contributed by atoms with E-state index in [9.17, 15) is 9.59 Å². The van der Waals surface area contributed by atoms with Gasteiger partial charge < -0.3 is 14.4 Å². The van der Waals surface area contributed by atoms with Gasteiger partial charge in [0.2, 0.25) is 6.79 Å². The Hall–Kier alpha value is -2.83. The summed E-state index contributed by atoms with van der Waals surface area (Å²) in [6.07, 6.45) is 5.34. The van der Waals surface area contributed by atoms with Crippen LogP contribution in [0.1, 0.15) is 40.0 Å². The van der Waals surface area contributed by atoms with E-state index >= 15 is 0 Å². The first kappa shape index (κ1) is 15.7. The van der Waals surface area contributed by atoms with Gasteiger partial charge in [-0.1, -0.05) is 0 Å². The molecule has 0 unspecified atom stereocenters. The summed E-state index contributed by atoms with van der Waals surface area (Å²) in [5.41, 5.74) is 1.15. The highest BCUT2D eigenvalue weighted by atomic mass is 16.7. The third-order valence-corrected chi connectivity index (χ3v) is 4.71. The molecule has 0 aliphatic carbocycles. The lowest BCUT2D eigenvalue weighted by Crippen LogP contribution is -2.36. The van der Waals surface area contributed by atoms with Gasteiger partial charge in [-0.05, 0) is 31.0 Å². The Labute approximate surface area is 145 Å². The molecular formula is C18H19N3O4. The molecule has 2 aromatic rings. The molecule has 4 rings (SSSR count). The molecule has 0 bridgehead atoms. The van der Waals surface area contributed by atoms with Gasteiger partial charge in [-0.25, -0.2) is 0 Å². The zero-order valence-corrected chi connectivity index (χ0v) is 14.0. The molecule has 0 spiro atoms. The molecular weight excluding hydrogens is 322 g/mol. The third kappa shape index (κ3) is 2.97. The van der Waals surface area contributed by atoms with Crippen LogP contribution in [-0.4, -0.2) is 45.8 Å². The fourth-order valence-corrected chi connectivity index (χ4v) is 3.41. The van der Waals surface area contributed by atoms with Crippen LogP contribution in [0.3, 0.4) is 0 Å². The summed E-state index contributed by atoms with van der Waals surface area (Å²) >= 11 is 0.